The number of aliphatic hydroxyl groups excluding tert-OH is 1. The van der Waals surface area contributed by atoms with E-state index < -0.39 is 5.97 Å². The molecule has 1 fully saturated rings. The van der Waals surface area contributed by atoms with Gasteiger partial charge in [0.25, 0.3) is 0 Å². The van der Waals surface area contributed by atoms with Crippen molar-refractivity contribution in [2.24, 2.45) is 17.8 Å². The summed E-state index contributed by atoms with van der Waals surface area (Å²) in [6.07, 6.45) is 16.6. The lowest BCUT2D eigenvalue weighted by atomic mass is 9.87. The Hall–Kier alpha value is -0.570. The van der Waals surface area contributed by atoms with Crippen molar-refractivity contribution in [3.63, 3.8) is 0 Å². The van der Waals surface area contributed by atoms with E-state index in [1.165, 1.54) is 64.2 Å². The maximum atomic E-state index is 11.3. The van der Waals surface area contributed by atoms with Crippen molar-refractivity contribution in [2.45, 2.75) is 96.8 Å². The van der Waals surface area contributed by atoms with E-state index in [1.807, 2.05) is 0 Å². The molecule has 3 atom stereocenters. The molecule has 1 rings (SSSR count). The fourth-order valence-corrected chi connectivity index (χ4v) is 4.18. The first-order valence-electron chi connectivity index (χ1n) is 10.0. The van der Waals surface area contributed by atoms with Crippen molar-refractivity contribution < 1.29 is 15.0 Å². The van der Waals surface area contributed by atoms with Crippen LogP contribution < -0.4 is 0 Å². The van der Waals surface area contributed by atoms with Gasteiger partial charge in [0.1, 0.15) is 0 Å². The van der Waals surface area contributed by atoms with Gasteiger partial charge in [-0.3, -0.25) is 4.79 Å². The van der Waals surface area contributed by atoms with Gasteiger partial charge in [0.05, 0.1) is 5.92 Å². The molecule has 3 heteroatoms. The van der Waals surface area contributed by atoms with Gasteiger partial charge < -0.3 is 10.2 Å². The third-order valence-electron chi connectivity index (χ3n) is 5.60. The Bertz CT molecular complexity index is 303. The average Bonchev–Trinajstić information content (AvgIpc) is 2.94. The molecular formula is C20H38O3. The molecule has 0 saturated heterocycles. The molecule has 23 heavy (non-hydrogen) atoms. The smallest absolute Gasteiger partial charge is 0.306 e. The van der Waals surface area contributed by atoms with Crippen LogP contribution in [0.3, 0.4) is 0 Å². The highest BCUT2D eigenvalue weighted by Crippen LogP contribution is 2.42. The summed E-state index contributed by atoms with van der Waals surface area (Å²) in [6.45, 7) is 2.54. The van der Waals surface area contributed by atoms with Crippen molar-refractivity contribution in [2.75, 3.05) is 6.61 Å². The average molecular weight is 327 g/mol. The minimum absolute atomic E-state index is 0.0949. The van der Waals surface area contributed by atoms with Gasteiger partial charge in [0.2, 0.25) is 0 Å². The van der Waals surface area contributed by atoms with Crippen LogP contribution in [0.4, 0.5) is 0 Å². The largest absolute Gasteiger partial charge is 0.481 e. The van der Waals surface area contributed by atoms with Gasteiger partial charge in [0.15, 0.2) is 0 Å². The van der Waals surface area contributed by atoms with Crippen molar-refractivity contribution in [1.82, 2.24) is 0 Å². The Balaban J connectivity index is 2.25. The number of carbonyl (C=O) groups is 1. The summed E-state index contributed by atoms with van der Waals surface area (Å²) >= 11 is 0. The molecule has 0 bridgehead atoms. The molecule has 0 aromatic heterocycles. The standard InChI is InChI=1S/C20H38O3/c1-2-3-4-5-6-9-12-17-15-19(20(22)23)16-18(17)13-10-7-8-11-14-21/h17-19,21H,2-16H2,1H3,(H,22,23)/t17-,18-,19?/m0/s1. The fourth-order valence-electron chi connectivity index (χ4n) is 4.18. The zero-order valence-corrected chi connectivity index (χ0v) is 15.1. The van der Waals surface area contributed by atoms with Crippen LogP contribution in [0, 0.1) is 17.8 Å². The molecule has 0 aromatic carbocycles. The highest BCUT2D eigenvalue weighted by molar-refractivity contribution is 5.70. The molecule has 1 aliphatic carbocycles. The maximum Gasteiger partial charge on any atom is 0.306 e. The number of rotatable bonds is 14. The summed E-state index contributed by atoms with van der Waals surface area (Å²) in [5.74, 6) is 0.587. The first-order valence-corrected chi connectivity index (χ1v) is 10.0. The minimum Gasteiger partial charge on any atom is -0.481 e. The van der Waals surface area contributed by atoms with E-state index in [2.05, 4.69) is 6.92 Å². The molecular weight excluding hydrogens is 288 g/mol. The van der Waals surface area contributed by atoms with E-state index in [-0.39, 0.29) is 5.92 Å². The number of hydrogen-bond acceptors (Lipinski definition) is 2. The number of aliphatic hydroxyl groups is 1. The number of unbranched alkanes of at least 4 members (excludes halogenated alkanes) is 8. The Labute approximate surface area is 142 Å². The normalized spacial score (nSPS) is 24.2. The lowest BCUT2D eigenvalue weighted by molar-refractivity contribution is -0.141. The van der Waals surface area contributed by atoms with Gasteiger partial charge in [-0.05, 0) is 31.1 Å². The van der Waals surface area contributed by atoms with Crippen LogP contribution in [0.25, 0.3) is 0 Å². The summed E-state index contributed by atoms with van der Waals surface area (Å²) in [7, 11) is 0. The molecule has 2 N–H and O–H groups in total. The van der Waals surface area contributed by atoms with Crippen molar-refractivity contribution in [3.05, 3.63) is 0 Å². The Morgan fingerprint density at radius 3 is 1.78 bits per heavy atom. The summed E-state index contributed by atoms with van der Waals surface area (Å²) < 4.78 is 0. The Kier molecular flexibility index (Phi) is 11.4. The monoisotopic (exact) mass is 326 g/mol. The van der Waals surface area contributed by atoms with Gasteiger partial charge in [-0.15, -0.1) is 0 Å². The number of aliphatic carboxylic acids is 1. The second kappa shape index (κ2) is 12.8. The second-order valence-corrected chi connectivity index (χ2v) is 7.51. The fraction of sp³-hybridized carbons (Fsp3) is 0.950. The first kappa shape index (κ1) is 20.5. The SMILES string of the molecule is CCCCCCCC[C@H]1CC(C(=O)O)C[C@@H]1CCCCCCO. The Morgan fingerprint density at radius 2 is 1.30 bits per heavy atom. The van der Waals surface area contributed by atoms with E-state index in [0.717, 1.165) is 25.7 Å². The molecule has 0 amide bonds. The first-order chi connectivity index (χ1) is 11.2. The third-order valence-corrected chi connectivity index (χ3v) is 5.60. The number of carboxylic acid groups (broad SMARTS) is 1. The van der Waals surface area contributed by atoms with Crippen LogP contribution in [0.2, 0.25) is 0 Å². The maximum absolute atomic E-state index is 11.3. The number of carboxylic acids is 1. The van der Waals surface area contributed by atoms with Crippen molar-refractivity contribution >= 4 is 5.97 Å². The molecule has 0 aliphatic heterocycles. The molecule has 136 valence electrons. The van der Waals surface area contributed by atoms with E-state index in [4.69, 9.17) is 5.11 Å². The summed E-state index contributed by atoms with van der Waals surface area (Å²) in [6, 6.07) is 0. The highest BCUT2D eigenvalue weighted by atomic mass is 16.4. The lowest BCUT2D eigenvalue weighted by Gasteiger charge is -2.19. The summed E-state index contributed by atoms with van der Waals surface area (Å²) in [4.78, 5) is 11.3. The molecule has 0 radical (unpaired) electrons. The molecule has 1 aliphatic rings. The van der Waals surface area contributed by atoms with Gasteiger partial charge in [-0.25, -0.2) is 0 Å². The zero-order valence-electron chi connectivity index (χ0n) is 15.1. The second-order valence-electron chi connectivity index (χ2n) is 7.51. The molecule has 0 aromatic rings. The van der Waals surface area contributed by atoms with Gasteiger partial charge in [0, 0.05) is 6.61 Å². The number of hydrogen-bond donors (Lipinski definition) is 2. The van der Waals surface area contributed by atoms with Crippen LogP contribution in [-0.4, -0.2) is 22.8 Å². The van der Waals surface area contributed by atoms with Gasteiger partial charge >= 0.3 is 5.97 Å². The topological polar surface area (TPSA) is 57.5 Å². The van der Waals surface area contributed by atoms with Crippen LogP contribution in [0.1, 0.15) is 96.8 Å². The molecule has 3 nitrogen and oxygen atoms in total. The van der Waals surface area contributed by atoms with Crippen LogP contribution in [0.15, 0.2) is 0 Å². The minimum atomic E-state index is -0.583. The van der Waals surface area contributed by atoms with Crippen molar-refractivity contribution in [3.8, 4) is 0 Å². The van der Waals surface area contributed by atoms with Crippen molar-refractivity contribution in [1.29, 1.82) is 0 Å². The van der Waals surface area contributed by atoms with Crippen LogP contribution in [-0.2, 0) is 4.79 Å². The molecule has 1 unspecified atom stereocenters. The van der Waals surface area contributed by atoms with E-state index in [0.29, 0.717) is 18.4 Å². The molecule has 1 saturated carbocycles. The zero-order chi connectivity index (χ0) is 16.9. The predicted molar refractivity (Wildman–Crippen MR) is 95.5 cm³/mol. The quantitative estimate of drug-likeness (QED) is 0.420. The van der Waals surface area contributed by atoms with E-state index in [1.54, 1.807) is 0 Å². The lowest BCUT2D eigenvalue weighted by Crippen LogP contribution is -2.09. The van der Waals surface area contributed by atoms with E-state index in [9.17, 15) is 9.90 Å². The van der Waals surface area contributed by atoms with E-state index >= 15 is 0 Å². The Morgan fingerprint density at radius 1 is 0.826 bits per heavy atom. The van der Waals surface area contributed by atoms with Gasteiger partial charge in [-0.1, -0.05) is 77.6 Å². The predicted octanol–water partition coefficient (Wildman–Crippen LogP) is 5.41. The highest BCUT2D eigenvalue weighted by Gasteiger charge is 2.36. The van der Waals surface area contributed by atoms with Crippen LogP contribution >= 0.6 is 0 Å². The summed E-state index contributed by atoms with van der Waals surface area (Å²) in [5, 5.41) is 18.2. The molecule has 0 heterocycles. The van der Waals surface area contributed by atoms with Gasteiger partial charge in [-0.2, -0.15) is 0 Å². The third kappa shape index (κ3) is 8.74. The summed E-state index contributed by atoms with van der Waals surface area (Å²) in [5.41, 5.74) is 0. The van der Waals surface area contributed by atoms with Crippen LogP contribution in [0.5, 0.6) is 0 Å². The molecule has 0 spiro atoms.